The number of alkyl carbamates (subject to hydrolysis) is 1. The van der Waals surface area contributed by atoms with Crippen molar-refractivity contribution in [3.8, 4) is 11.1 Å². The van der Waals surface area contributed by atoms with Crippen LogP contribution in [-0.4, -0.2) is 31.2 Å². The van der Waals surface area contributed by atoms with Crippen molar-refractivity contribution in [3.63, 3.8) is 0 Å². The first-order valence-electron chi connectivity index (χ1n) is 9.56. The van der Waals surface area contributed by atoms with Gasteiger partial charge in [-0.25, -0.2) is 4.79 Å². The number of unbranched alkanes of at least 4 members (excludes halogenated alkanes) is 1. The normalized spacial score (nSPS) is 13.0. The number of nitrogens with two attached hydrogens (primary N) is 1. The molecule has 0 radical (unpaired) electrons. The standard InChI is InChI=1S/C21H23N5O3/c22-12-6-5-11-19(20(27)25-26-23)24-21(28)29-13-18-16-9-3-1-7-14(16)15-8-2-4-10-17(15)18/h1-4,7-10,18-19H,5-6,11-13,22H2,(H,24,28)/t19-/m0/s1. The summed E-state index contributed by atoms with van der Waals surface area (Å²) in [7, 11) is 0. The minimum Gasteiger partial charge on any atom is -0.449 e. The van der Waals surface area contributed by atoms with Gasteiger partial charge in [0.25, 0.3) is 0 Å². The van der Waals surface area contributed by atoms with E-state index in [1.807, 2.05) is 36.4 Å². The third-order valence-corrected chi connectivity index (χ3v) is 5.02. The highest BCUT2D eigenvalue weighted by Crippen LogP contribution is 2.44. The second-order valence-corrected chi connectivity index (χ2v) is 6.83. The number of hydrogen-bond acceptors (Lipinski definition) is 4. The zero-order valence-electron chi connectivity index (χ0n) is 16.0. The Balaban J connectivity index is 1.66. The Morgan fingerprint density at radius 1 is 1.10 bits per heavy atom. The van der Waals surface area contributed by atoms with E-state index in [2.05, 4.69) is 27.5 Å². The third kappa shape index (κ3) is 4.74. The van der Waals surface area contributed by atoms with Crippen LogP contribution in [0, 0.1) is 0 Å². The molecule has 0 bridgehead atoms. The summed E-state index contributed by atoms with van der Waals surface area (Å²) in [6.07, 6.45) is 0.939. The number of azide groups is 1. The molecule has 0 aromatic heterocycles. The quantitative estimate of drug-likeness (QED) is 0.305. The fourth-order valence-electron chi connectivity index (χ4n) is 3.65. The molecule has 1 aliphatic carbocycles. The van der Waals surface area contributed by atoms with Crippen LogP contribution in [0.4, 0.5) is 4.79 Å². The van der Waals surface area contributed by atoms with E-state index in [0.29, 0.717) is 25.8 Å². The van der Waals surface area contributed by atoms with Crippen molar-refractivity contribution in [2.75, 3.05) is 13.2 Å². The number of ether oxygens (including phenoxy) is 1. The minimum absolute atomic E-state index is 0.0725. The Hall–Kier alpha value is -3.35. The number of rotatable bonds is 8. The molecule has 8 heteroatoms. The maximum absolute atomic E-state index is 12.3. The van der Waals surface area contributed by atoms with Crippen LogP contribution in [0.3, 0.4) is 0 Å². The molecule has 2 aromatic carbocycles. The van der Waals surface area contributed by atoms with Gasteiger partial charge in [0, 0.05) is 10.8 Å². The monoisotopic (exact) mass is 393 g/mol. The van der Waals surface area contributed by atoms with Gasteiger partial charge in [0.15, 0.2) is 0 Å². The number of hydrogen-bond donors (Lipinski definition) is 2. The predicted molar refractivity (Wildman–Crippen MR) is 109 cm³/mol. The Labute approximate surface area is 168 Å². The lowest BCUT2D eigenvalue weighted by Crippen LogP contribution is -2.40. The minimum atomic E-state index is -0.923. The largest absolute Gasteiger partial charge is 0.449 e. The van der Waals surface area contributed by atoms with E-state index < -0.39 is 18.0 Å². The Kier molecular flexibility index (Phi) is 6.84. The van der Waals surface area contributed by atoms with Crippen molar-refractivity contribution in [1.29, 1.82) is 0 Å². The highest BCUT2D eigenvalue weighted by atomic mass is 16.5. The molecule has 3 N–H and O–H groups in total. The van der Waals surface area contributed by atoms with Crippen molar-refractivity contribution in [3.05, 3.63) is 70.1 Å². The average Bonchev–Trinajstić information content (AvgIpc) is 3.06. The number of nitrogens with zero attached hydrogens (tertiary/aromatic N) is 3. The van der Waals surface area contributed by atoms with Crippen molar-refractivity contribution >= 4 is 12.0 Å². The highest BCUT2D eigenvalue weighted by Gasteiger charge is 2.29. The van der Waals surface area contributed by atoms with Gasteiger partial charge in [-0.05, 0) is 58.7 Å². The van der Waals surface area contributed by atoms with E-state index in [0.717, 1.165) is 22.3 Å². The number of carbonyl (C=O) groups excluding carboxylic acids is 2. The van der Waals surface area contributed by atoms with Gasteiger partial charge in [-0.1, -0.05) is 48.5 Å². The highest BCUT2D eigenvalue weighted by molar-refractivity contribution is 5.86. The molecule has 0 aliphatic heterocycles. The number of carbonyl (C=O) groups is 2. The van der Waals surface area contributed by atoms with Gasteiger partial charge in [0.05, 0.1) is 6.04 Å². The lowest BCUT2D eigenvalue weighted by Gasteiger charge is -2.18. The molecule has 1 aliphatic rings. The second-order valence-electron chi connectivity index (χ2n) is 6.83. The molecular weight excluding hydrogens is 370 g/mol. The van der Waals surface area contributed by atoms with Gasteiger partial charge < -0.3 is 15.8 Å². The molecule has 0 unspecified atom stereocenters. The Morgan fingerprint density at radius 2 is 1.72 bits per heavy atom. The van der Waals surface area contributed by atoms with Gasteiger partial charge in [-0.3, -0.25) is 4.79 Å². The summed E-state index contributed by atoms with van der Waals surface area (Å²) in [5, 5.41) is 5.61. The molecule has 0 heterocycles. The number of amides is 2. The molecule has 29 heavy (non-hydrogen) atoms. The summed E-state index contributed by atoms with van der Waals surface area (Å²) in [4.78, 5) is 26.8. The van der Waals surface area contributed by atoms with E-state index in [1.165, 1.54) is 0 Å². The molecular formula is C21H23N5O3. The first-order valence-corrected chi connectivity index (χ1v) is 9.56. The Bertz CT molecular complexity index is 894. The van der Waals surface area contributed by atoms with Crippen LogP contribution in [0.2, 0.25) is 0 Å². The smallest absolute Gasteiger partial charge is 0.407 e. The molecule has 0 saturated heterocycles. The molecule has 0 spiro atoms. The lowest BCUT2D eigenvalue weighted by atomic mass is 9.98. The first-order chi connectivity index (χ1) is 14.2. The van der Waals surface area contributed by atoms with Crippen LogP contribution in [0.25, 0.3) is 21.6 Å². The molecule has 8 nitrogen and oxygen atoms in total. The Morgan fingerprint density at radius 3 is 2.31 bits per heavy atom. The summed E-state index contributed by atoms with van der Waals surface area (Å²) in [6.45, 7) is 0.623. The van der Waals surface area contributed by atoms with Crippen LogP contribution in [-0.2, 0) is 9.53 Å². The molecule has 1 atom stereocenters. The second kappa shape index (κ2) is 9.73. The summed E-state index contributed by atoms with van der Waals surface area (Å²) in [6, 6.07) is 15.1. The van der Waals surface area contributed by atoms with E-state index >= 15 is 0 Å². The fraction of sp³-hybridized carbons (Fsp3) is 0.333. The predicted octanol–water partition coefficient (Wildman–Crippen LogP) is 3.86. The van der Waals surface area contributed by atoms with E-state index in [4.69, 9.17) is 16.0 Å². The average molecular weight is 393 g/mol. The van der Waals surface area contributed by atoms with E-state index in [9.17, 15) is 9.59 Å². The van der Waals surface area contributed by atoms with Crippen LogP contribution in [0.15, 0.2) is 53.6 Å². The summed E-state index contributed by atoms with van der Waals surface area (Å²) in [5.41, 5.74) is 18.4. The van der Waals surface area contributed by atoms with Gasteiger partial charge in [-0.2, -0.15) is 0 Å². The van der Waals surface area contributed by atoms with Crippen molar-refractivity contribution in [2.45, 2.75) is 31.2 Å². The van der Waals surface area contributed by atoms with Crippen LogP contribution < -0.4 is 11.1 Å². The number of fused-ring (bicyclic) bond motifs is 3. The topological polar surface area (TPSA) is 130 Å². The fourth-order valence-corrected chi connectivity index (χ4v) is 3.65. The van der Waals surface area contributed by atoms with Crippen molar-refractivity contribution in [1.82, 2.24) is 5.32 Å². The van der Waals surface area contributed by atoms with Gasteiger partial charge >= 0.3 is 6.09 Å². The lowest BCUT2D eigenvalue weighted by molar-refractivity contribution is -0.120. The molecule has 3 rings (SSSR count). The first kappa shape index (κ1) is 20.4. The maximum atomic E-state index is 12.3. The van der Waals surface area contributed by atoms with Gasteiger partial charge in [0.1, 0.15) is 6.61 Å². The van der Waals surface area contributed by atoms with Crippen molar-refractivity contribution in [2.24, 2.45) is 10.8 Å². The third-order valence-electron chi connectivity index (χ3n) is 5.02. The zero-order valence-corrected chi connectivity index (χ0v) is 16.0. The maximum Gasteiger partial charge on any atom is 0.407 e. The van der Waals surface area contributed by atoms with Crippen LogP contribution >= 0.6 is 0 Å². The molecule has 2 amide bonds. The molecule has 0 saturated carbocycles. The summed E-state index contributed by atoms with van der Waals surface area (Å²) < 4.78 is 5.44. The van der Waals surface area contributed by atoms with Gasteiger partial charge in [0.2, 0.25) is 5.91 Å². The number of benzene rings is 2. The van der Waals surface area contributed by atoms with Gasteiger partial charge in [-0.15, -0.1) is 0 Å². The van der Waals surface area contributed by atoms with E-state index in [1.54, 1.807) is 0 Å². The molecule has 150 valence electrons. The number of nitrogens with one attached hydrogen (secondary N) is 1. The SMILES string of the molecule is [N-]=[N+]=NC(=O)[C@H](CCCCN)NC(=O)OCC1c2ccccc2-c2ccccc21. The summed E-state index contributed by atoms with van der Waals surface area (Å²) in [5.74, 6) is -0.810. The molecule has 2 aromatic rings. The molecule has 0 fully saturated rings. The van der Waals surface area contributed by atoms with Crippen LogP contribution in [0.1, 0.15) is 36.3 Å². The zero-order chi connectivity index (χ0) is 20.6. The van der Waals surface area contributed by atoms with Crippen molar-refractivity contribution < 1.29 is 14.3 Å². The van der Waals surface area contributed by atoms with Crippen LogP contribution in [0.5, 0.6) is 0 Å². The van der Waals surface area contributed by atoms with E-state index in [-0.39, 0.29) is 12.5 Å². The summed E-state index contributed by atoms with van der Waals surface area (Å²) >= 11 is 0.